The number of aromatic amines is 1. The number of hydrogen-bond donors (Lipinski definition) is 2. The van der Waals surface area contributed by atoms with Crippen LogP contribution in [0.15, 0.2) is 33.9 Å². The minimum absolute atomic E-state index is 0.0546. The fraction of sp³-hybridized carbons (Fsp3) is 0.542. The summed E-state index contributed by atoms with van der Waals surface area (Å²) in [5, 5.41) is 0. The maximum atomic E-state index is 13.2. The Morgan fingerprint density at radius 3 is 2.26 bits per heavy atom. The number of nitrogens with two attached hydrogens (primary N) is 1. The van der Waals surface area contributed by atoms with Crippen LogP contribution in [0.4, 0.5) is 11.5 Å². The van der Waals surface area contributed by atoms with Crippen molar-refractivity contribution in [3.63, 3.8) is 0 Å². The van der Waals surface area contributed by atoms with Gasteiger partial charge in [-0.15, -0.1) is 0 Å². The fourth-order valence-electron chi connectivity index (χ4n) is 3.59. The highest BCUT2D eigenvalue weighted by molar-refractivity contribution is 5.96. The van der Waals surface area contributed by atoms with E-state index in [1.165, 1.54) is 15.0 Å². The molecular weight excluding hydrogens is 392 g/mol. The highest BCUT2D eigenvalue weighted by atomic mass is 16.2. The third-order valence-electron chi connectivity index (χ3n) is 5.28. The molecule has 0 saturated heterocycles. The summed E-state index contributed by atoms with van der Waals surface area (Å²) in [5.41, 5.74) is 7.28. The minimum atomic E-state index is -0.619. The molecule has 0 spiro atoms. The number of H-pyrrole nitrogens is 1. The molecule has 2 aromatic rings. The molecule has 7 heteroatoms. The number of carbonyl (C=O) groups is 1. The van der Waals surface area contributed by atoms with E-state index in [-0.39, 0.29) is 23.8 Å². The molecule has 0 unspecified atom stereocenters. The summed E-state index contributed by atoms with van der Waals surface area (Å²) < 4.78 is 1.35. The molecule has 3 N–H and O–H groups in total. The minimum Gasteiger partial charge on any atom is -0.383 e. The van der Waals surface area contributed by atoms with Crippen molar-refractivity contribution in [1.29, 1.82) is 0 Å². The van der Waals surface area contributed by atoms with Gasteiger partial charge in [-0.2, -0.15) is 0 Å². The molecule has 2 rings (SSSR count). The molecule has 170 valence electrons. The van der Waals surface area contributed by atoms with Gasteiger partial charge >= 0.3 is 5.69 Å². The lowest BCUT2D eigenvalue weighted by atomic mass is 10.0. The van der Waals surface area contributed by atoms with E-state index in [9.17, 15) is 14.4 Å². The Labute approximate surface area is 184 Å². The summed E-state index contributed by atoms with van der Waals surface area (Å²) in [6, 6.07) is 8.02. The number of nitrogen functional groups attached to an aromatic ring is 1. The summed E-state index contributed by atoms with van der Waals surface area (Å²) in [6.45, 7) is 9.15. The first-order chi connectivity index (χ1) is 14.8. The quantitative estimate of drug-likeness (QED) is 0.572. The number of aromatic nitrogens is 2. The smallest absolute Gasteiger partial charge is 0.330 e. The van der Waals surface area contributed by atoms with E-state index < -0.39 is 11.2 Å². The number of rotatable bonds is 11. The van der Waals surface area contributed by atoms with Gasteiger partial charge in [0, 0.05) is 13.1 Å². The van der Waals surface area contributed by atoms with Crippen molar-refractivity contribution in [3.8, 4) is 0 Å². The maximum Gasteiger partial charge on any atom is 0.330 e. The molecule has 0 saturated carbocycles. The van der Waals surface area contributed by atoms with Gasteiger partial charge in [0.05, 0.1) is 6.42 Å². The predicted octanol–water partition coefficient (Wildman–Crippen LogP) is 3.49. The van der Waals surface area contributed by atoms with E-state index in [2.05, 4.69) is 18.8 Å². The first-order valence-electron chi connectivity index (χ1n) is 11.3. The first kappa shape index (κ1) is 24.4. The number of nitrogens with zero attached hydrogens (tertiary/aromatic N) is 2. The maximum absolute atomic E-state index is 13.2. The van der Waals surface area contributed by atoms with Crippen LogP contribution in [0.1, 0.15) is 64.5 Å². The summed E-state index contributed by atoms with van der Waals surface area (Å²) >= 11 is 0. The molecule has 0 atom stereocenters. The Kier molecular flexibility index (Phi) is 9.09. The molecule has 0 bridgehead atoms. The van der Waals surface area contributed by atoms with Crippen LogP contribution in [0.2, 0.25) is 0 Å². The second-order valence-corrected chi connectivity index (χ2v) is 8.49. The lowest BCUT2D eigenvalue weighted by molar-refractivity contribution is -0.118. The van der Waals surface area contributed by atoms with E-state index >= 15 is 0 Å². The Bertz CT molecular complexity index is 974. The van der Waals surface area contributed by atoms with Gasteiger partial charge in [-0.25, -0.2) is 4.79 Å². The Balaban J connectivity index is 2.35. The van der Waals surface area contributed by atoms with Crippen molar-refractivity contribution >= 4 is 17.4 Å². The Morgan fingerprint density at radius 1 is 1.06 bits per heavy atom. The van der Waals surface area contributed by atoms with Crippen LogP contribution < -0.4 is 21.9 Å². The zero-order chi connectivity index (χ0) is 23.0. The Hall–Kier alpha value is -2.83. The average molecular weight is 429 g/mol. The molecule has 0 aliphatic rings. The average Bonchev–Trinajstić information content (AvgIpc) is 2.71. The van der Waals surface area contributed by atoms with Gasteiger partial charge in [-0.1, -0.05) is 64.8 Å². The number of amides is 1. The monoisotopic (exact) mass is 428 g/mol. The fourth-order valence-corrected chi connectivity index (χ4v) is 3.59. The van der Waals surface area contributed by atoms with E-state index in [1.54, 1.807) is 0 Å². The zero-order valence-corrected chi connectivity index (χ0v) is 19.2. The van der Waals surface area contributed by atoms with Crippen molar-refractivity contribution in [1.82, 2.24) is 9.55 Å². The van der Waals surface area contributed by atoms with E-state index in [0.29, 0.717) is 19.0 Å². The largest absolute Gasteiger partial charge is 0.383 e. The molecule has 1 heterocycles. The molecule has 1 aromatic carbocycles. The van der Waals surface area contributed by atoms with Crippen molar-refractivity contribution in [2.24, 2.45) is 5.92 Å². The predicted molar refractivity (Wildman–Crippen MR) is 127 cm³/mol. The van der Waals surface area contributed by atoms with Crippen molar-refractivity contribution in [2.75, 3.05) is 17.2 Å². The number of benzene rings is 1. The third kappa shape index (κ3) is 6.57. The number of anilines is 2. The van der Waals surface area contributed by atoms with E-state index in [4.69, 9.17) is 5.73 Å². The lowest BCUT2D eigenvalue weighted by Gasteiger charge is -2.24. The molecule has 7 nitrogen and oxygen atoms in total. The summed E-state index contributed by atoms with van der Waals surface area (Å²) in [5.74, 6) is 0.414. The van der Waals surface area contributed by atoms with Crippen LogP contribution in [0.3, 0.4) is 0 Å². The molecule has 0 aliphatic carbocycles. The molecular formula is C24H36N4O3. The first-order valence-corrected chi connectivity index (χ1v) is 11.3. The number of nitrogens with one attached hydrogen (secondary N) is 1. The molecule has 0 radical (unpaired) electrons. The highest BCUT2D eigenvalue weighted by Gasteiger charge is 2.24. The Morgan fingerprint density at radius 2 is 1.68 bits per heavy atom. The topological polar surface area (TPSA) is 101 Å². The van der Waals surface area contributed by atoms with Gasteiger partial charge < -0.3 is 10.6 Å². The van der Waals surface area contributed by atoms with Crippen LogP contribution in [0.25, 0.3) is 0 Å². The van der Waals surface area contributed by atoms with E-state index in [1.807, 2.05) is 38.1 Å². The van der Waals surface area contributed by atoms with Crippen LogP contribution in [0, 0.1) is 5.92 Å². The van der Waals surface area contributed by atoms with Gasteiger partial charge in [-0.3, -0.25) is 19.1 Å². The SMILES string of the molecule is CCCCN(C(=O)Cc1ccc(CC(C)C)cc1)c1c(N)n(CCCC)c(=O)[nH]c1=O. The molecule has 31 heavy (non-hydrogen) atoms. The highest BCUT2D eigenvalue weighted by Crippen LogP contribution is 2.20. The summed E-state index contributed by atoms with van der Waals surface area (Å²) in [6.07, 6.45) is 4.38. The number of hydrogen-bond acceptors (Lipinski definition) is 4. The standard InChI is InChI=1S/C24H36N4O3/c1-5-7-13-27(20(29)16-19-11-9-18(10-12-19)15-17(3)4)21-22(25)28(14-8-6-2)24(31)26-23(21)30/h9-12,17H,5-8,13-16,25H2,1-4H3,(H,26,30,31). The van der Waals surface area contributed by atoms with Crippen LogP contribution in [-0.4, -0.2) is 22.0 Å². The van der Waals surface area contributed by atoms with Gasteiger partial charge in [0.25, 0.3) is 5.56 Å². The van der Waals surface area contributed by atoms with Crippen LogP contribution >= 0.6 is 0 Å². The zero-order valence-electron chi connectivity index (χ0n) is 19.2. The van der Waals surface area contributed by atoms with Crippen molar-refractivity contribution in [3.05, 3.63) is 56.2 Å². The number of unbranched alkanes of at least 4 members (excludes halogenated alkanes) is 2. The van der Waals surface area contributed by atoms with Gasteiger partial charge in [-0.05, 0) is 36.3 Å². The molecule has 0 aliphatic heterocycles. The second-order valence-electron chi connectivity index (χ2n) is 8.49. The molecule has 1 amide bonds. The van der Waals surface area contributed by atoms with Gasteiger partial charge in [0.2, 0.25) is 5.91 Å². The van der Waals surface area contributed by atoms with Gasteiger partial charge in [0.1, 0.15) is 5.82 Å². The van der Waals surface area contributed by atoms with Crippen LogP contribution in [-0.2, 0) is 24.2 Å². The van der Waals surface area contributed by atoms with Gasteiger partial charge in [0.15, 0.2) is 5.69 Å². The summed E-state index contributed by atoms with van der Waals surface area (Å²) in [7, 11) is 0. The van der Waals surface area contributed by atoms with Crippen molar-refractivity contribution in [2.45, 2.75) is 72.8 Å². The summed E-state index contributed by atoms with van der Waals surface area (Å²) in [4.78, 5) is 41.9. The van der Waals surface area contributed by atoms with Crippen LogP contribution in [0.5, 0.6) is 0 Å². The lowest BCUT2D eigenvalue weighted by Crippen LogP contribution is -2.42. The number of carbonyl (C=O) groups excluding carboxylic acids is 1. The second kappa shape index (κ2) is 11.5. The molecule has 0 fully saturated rings. The molecule has 1 aromatic heterocycles. The van der Waals surface area contributed by atoms with E-state index in [0.717, 1.165) is 37.7 Å². The normalized spacial score (nSPS) is 11.1. The third-order valence-corrected chi connectivity index (χ3v) is 5.28. The van der Waals surface area contributed by atoms with Crippen molar-refractivity contribution < 1.29 is 4.79 Å².